The number of likely N-dealkylation sites (N-methyl/N-ethyl adjacent to an activating group) is 1. The Balaban J connectivity index is 1.31. The fourth-order valence-electron chi connectivity index (χ4n) is 9.06. The van der Waals surface area contributed by atoms with Crippen molar-refractivity contribution >= 4 is 40.5 Å². The number of cyclic esters (lactones) is 1. The molecule has 6 bridgehead atoms. The van der Waals surface area contributed by atoms with Crippen LogP contribution in [0.1, 0.15) is 77.3 Å². The predicted octanol–water partition coefficient (Wildman–Crippen LogP) is 4.02. The Morgan fingerprint density at radius 2 is 1.86 bits per heavy atom. The van der Waals surface area contributed by atoms with Gasteiger partial charge in [-0.3, -0.25) is 34.0 Å². The summed E-state index contributed by atoms with van der Waals surface area (Å²) in [5.41, 5.74) is 9.47. The van der Waals surface area contributed by atoms with Crippen LogP contribution in [-0.4, -0.2) is 119 Å². The van der Waals surface area contributed by atoms with Gasteiger partial charge in [-0.25, -0.2) is 5.43 Å². The molecule has 0 unspecified atom stereocenters. The molecule has 2 aromatic carbocycles. The molecule has 2 aromatic heterocycles. The zero-order valence-electron chi connectivity index (χ0n) is 38.1. The smallest absolute Gasteiger partial charge is 0.324 e. The maximum absolute atomic E-state index is 14.6. The summed E-state index contributed by atoms with van der Waals surface area (Å²) in [5.74, 6) is -2.70. The minimum Gasteiger partial charge on any atom is -0.508 e. The number of phenolic OH excluding ortho intramolecular Hbond substituents is 1. The van der Waals surface area contributed by atoms with Gasteiger partial charge >= 0.3 is 5.97 Å². The van der Waals surface area contributed by atoms with Gasteiger partial charge in [-0.05, 0) is 97.7 Å². The van der Waals surface area contributed by atoms with Gasteiger partial charge in [-0.2, -0.15) is 0 Å². The van der Waals surface area contributed by atoms with E-state index in [-0.39, 0.29) is 55.8 Å². The quantitative estimate of drug-likeness (QED) is 0.108. The summed E-state index contributed by atoms with van der Waals surface area (Å²) in [5, 5.41) is 22.1. The molecule has 3 aliphatic heterocycles. The summed E-state index contributed by atoms with van der Waals surface area (Å²) in [7, 11) is 3.17. The van der Waals surface area contributed by atoms with Crippen LogP contribution in [-0.2, 0) is 52.8 Å². The lowest BCUT2D eigenvalue weighted by molar-refractivity contribution is -0.155. The number of hydrogen-bond acceptors (Lipinski definition) is 11. The number of esters is 1. The van der Waals surface area contributed by atoms with Crippen molar-refractivity contribution in [3.63, 3.8) is 0 Å². The summed E-state index contributed by atoms with van der Waals surface area (Å²) < 4.78 is 14.2. The van der Waals surface area contributed by atoms with E-state index in [1.807, 2.05) is 25.1 Å². The van der Waals surface area contributed by atoms with E-state index in [9.17, 15) is 29.1 Å². The molecule has 64 heavy (non-hydrogen) atoms. The lowest BCUT2D eigenvalue weighted by atomic mass is 9.84. The van der Waals surface area contributed by atoms with Crippen molar-refractivity contribution < 1.29 is 38.6 Å². The van der Waals surface area contributed by atoms with E-state index in [1.165, 1.54) is 17.0 Å². The van der Waals surface area contributed by atoms with Gasteiger partial charge in [0, 0.05) is 68.3 Å². The molecule has 0 spiro atoms. The summed E-state index contributed by atoms with van der Waals surface area (Å²) in [4.78, 5) is 74.4. The normalized spacial score (nSPS) is 20.8. The number of ether oxygens (including phenoxy) is 2. The second kappa shape index (κ2) is 19.1. The van der Waals surface area contributed by atoms with Crippen LogP contribution in [0.15, 0.2) is 54.7 Å². The van der Waals surface area contributed by atoms with Gasteiger partial charge in [0.25, 0.3) is 5.91 Å². The number of fused-ring (bicyclic) bond motifs is 6. The predicted molar refractivity (Wildman–Crippen MR) is 242 cm³/mol. The first-order chi connectivity index (χ1) is 30.5. The Morgan fingerprint density at radius 3 is 2.56 bits per heavy atom. The number of rotatable bonds is 11. The van der Waals surface area contributed by atoms with Crippen molar-refractivity contribution in [2.75, 3.05) is 40.4 Å². The van der Waals surface area contributed by atoms with Crippen molar-refractivity contribution in [1.82, 2.24) is 40.8 Å². The van der Waals surface area contributed by atoms with Crippen LogP contribution in [0, 0.1) is 11.3 Å². The van der Waals surface area contributed by atoms with E-state index in [0.717, 1.165) is 39.0 Å². The number of methoxy groups -OCH3 is 1. The summed E-state index contributed by atoms with van der Waals surface area (Å²) >= 11 is 0. The monoisotopic (exact) mass is 878 g/mol. The molecule has 4 aromatic rings. The van der Waals surface area contributed by atoms with Crippen LogP contribution in [0.5, 0.6) is 5.75 Å². The molecule has 0 aliphatic carbocycles. The van der Waals surface area contributed by atoms with Crippen molar-refractivity contribution in [2.24, 2.45) is 11.3 Å². The van der Waals surface area contributed by atoms with E-state index < -0.39 is 47.2 Å². The van der Waals surface area contributed by atoms with Crippen LogP contribution in [0.4, 0.5) is 0 Å². The van der Waals surface area contributed by atoms with Crippen LogP contribution in [0.25, 0.3) is 33.3 Å². The number of pyridine rings is 1. The molecule has 2 fully saturated rings. The molecule has 0 radical (unpaired) electrons. The highest BCUT2D eigenvalue weighted by molar-refractivity contribution is 5.96. The topological polar surface area (TPSA) is 206 Å². The molecule has 16 heteroatoms. The minimum atomic E-state index is -1.17. The second-order valence-electron chi connectivity index (χ2n) is 18.4. The highest BCUT2D eigenvalue weighted by Crippen LogP contribution is 2.42. The van der Waals surface area contributed by atoms with Gasteiger partial charge in [0.05, 0.1) is 36.7 Å². The van der Waals surface area contributed by atoms with E-state index in [4.69, 9.17) is 14.5 Å². The molecule has 5 N–H and O–H groups in total. The molecule has 2 saturated heterocycles. The Kier molecular flexibility index (Phi) is 13.8. The lowest BCUT2D eigenvalue weighted by Crippen LogP contribution is -2.62. The minimum absolute atomic E-state index is 0.0194. The maximum Gasteiger partial charge on any atom is 0.324 e. The molecule has 3 aliphatic rings. The SMILES string of the molecule is CCn1c(-c2cccnc2[C@H](C)OC)c2c3cc(ccc31)-c1cc(O)cc(c1)C[C@H](NC(=O)[C@H](C(C)C)N(C)C(=O)CNC(=O)[C@@H]1CN1)C(=O)N1CCC[C@H](N1)C(=O)OCC(C)(C)C2. The number of amides is 4. The number of nitrogens with one attached hydrogen (secondary N) is 4. The molecular formula is C48H62N8O8. The number of nitrogens with zero attached hydrogens (tertiary/aromatic N) is 4. The highest BCUT2D eigenvalue weighted by Gasteiger charge is 2.38. The molecule has 0 saturated carbocycles. The average molecular weight is 879 g/mol. The first kappa shape index (κ1) is 46.2. The third-order valence-corrected chi connectivity index (χ3v) is 12.5. The summed E-state index contributed by atoms with van der Waals surface area (Å²) in [6, 6.07) is 12.1. The molecule has 16 nitrogen and oxygen atoms in total. The first-order valence-corrected chi connectivity index (χ1v) is 22.3. The van der Waals surface area contributed by atoms with Crippen LogP contribution in [0.2, 0.25) is 0 Å². The number of hydrogen-bond donors (Lipinski definition) is 5. The molecule has 4 amide bonds. The number of hydrazine groups is 1. The Bertz CT molecular complexity index is 2430. The van der Waals surface area contributed by atoms with Gasteiger partial charge in [0.2, 0.25) is 17.7 Å². The Morgan fingerprint density at radius 1 is 1.09 bits per heavy atom. The van der Waals surface area contributed by atoms with E-state index in [1.54, 1.807) is 39.3 Å². The maximum atomic E-state index is 14.6. The standard InChI is InChI=1S/C48H62N8O8/c1-9-55-39-15-14-30-22-34(39)35(43(55)33-12-10-16-49-41(33)28(4)63-8)23-48(5,6)26-64-47(62)36-13-11-17-56(53-36)46(61)37(20-29-18-31(30)21-32(57)19-29)52-45(60)42(27(2)3)54(7)40(58)25-51-44(59)38-24-50-38/h10,12,14-16,18-19,21-22,27-28,36-38,42,50,53,57H,9,11,13,17,20,23-26H2,1-8H3,(H,51,59)(H,52,60)/t28-,36-,37-,38-,42-/m0/s1. The fraction of sp³-hybridized carbons (Fsp3) is 0.500. The number of carbonyl (C=O) groups excluding carboxylic acids is 5. The number of aromatic nitrogens is 2. The van der Waals surface area contributed by atoms with E-state index in [2.05, 4.69) is 64.9 Å². The third kappa shape index (κ3) is 9.93. The van der Waals surface area contributed by atoms with Crippen molar-refractivity contribution in [3.8, 4) is 28.1 Å². The number of aryl methyl sites for hydroxylation is 1. The van der Waals surface area contributed by atoms with Gasteiger partial charge in [-0.15, -0.1) is 0 Å². The molecule has 342 valence electrons. The number of carbonyl (C=O) groups is 5. The zero-order chi connectivity index (χ0) is 46.0. The van der Waals surface area contributed by atoms with Crippen molar-refractivity contribution in [2.45, 2.75) is 104 Å². The Hall–Kier alpha value is -5.84. The van der Waals surface area contributed by atoms with Crippen molar-refractivity contribution in [3.05, 3.63) is 71.5 Å². The highest BCUT2D eigenvalue weighted by atomic mass is 16.5. The van der Waals surface area contributed by atoms with Crippen LogP contribution in [0.3, 0.4) is 0 Å². The number of aromatic hydroxyl groups is 1. The molecule has 5 atom stereocenters. The van der Waals surface area contributed by atoms with Gasteiger partial charge in [0.15, 0.2) is 0 Å². The van der Waals surface area contributed by atoms with Crippen LogP contribution < -0.4 is 21.4 Å². The third-order valence-electron chi connectivity index (χ3n) is 12.5. The lowest BCUT2D eigenvalue weighted by Gasteiger charge is -2.36. The van der Waals surface area contributed by atoms with Gasteiger partial charge in [-0.1, -0.05) is 39.8 Å². The molecular weight excluding hydrogens is 817 g/mol. The number of benzene rings is 2. The zero-order valence-corrected chi connectivity index (χ0v) is 38.1. The molecule has 5 heterocycles. The largest absolute Gasteiger partial charge is 0.508 e. The van der Waals surface area contributed by atoms with Crippen molar-refractivity contribution in [1.29, 1.82) is 0 Å². The van der Waals surface area contributed by atoms with E-state index in [0.29, 0.717) is 43.5 Å². The van der Waals surface area contributed by atoms with E-state index >= 15 is 0 Å². The van der Waals surface area contributed by atoms with Gasteiger partial charge < -0.3 is 40.0 Å². The van der Waals surface area contributed by atoms with Crippen LogP contribution >= 0.6 is 0 Å². The van der Waals surface area contributed by atoms with Gasteiger partial charge in [0.1, 0.15) is 23.9 Å². The number of phenols is 1. The summed E-state index contributed by atoms with van der Waals surface area (Å²) in [6.07, 6.45) is 2.94. The summed E-state index contributed by atoms with van der Waals surface area (Å²) in [6.45, 7) is 13.1. The first-order valence-electron chi connectivity index (χ1n) is 22.3. The average Bonchev–Trinajstić information content (AvgIpc) is 4.09. The molecule has 7 rings (SSSR count). The fourth-order valence-corrected chi connectivity index (χ4v) is 9.06. The Labute approximate surface area is 374 Å². The second-order valence-corrected chi connectivity index (χ2v) is 18.4.